The van der Waals surface area contributed by atoms with Crippen LogP contribution in [0, 0.1) is 0 Å². The van der Waals surface area contributed by atoms with E-state index in [9.17, 15) is 13.2 Å². The Bertz CT molecular complexity index is 411. The molecule has 0 radical (unpaired) electrons. The summed E-state index contributed by atoms with van der Waals surface area (Å²) < 4.78 is 42.3. The molecule has 0 spiro atoms. The molecule has 1 aromatic rings. The van der Waals surface area contributed by atoms with E-state index >= 15 is 0 Å². The molecule has 1 heterocycles. The van der Waals surface area contributed by atoms with Crippen molar-refractivity contribution in [2.24, 2.45) is 0 Å². The monoisotopic (exact) mass is 278 g/mol. The summed E-state index contributed by atoms with van der Waals surface area (Å²) in [5.41, 5.74) is 0. The molecule has 0 fully saturated rings. The zero-order valence-corrected chi connectivity index (χ0v) is 11.1. The molecule has 19 heavy (non-hydrogen) atoms. The number of ether oxygens (including phenoxy) is 1. The second-order valence-electron chi connectivity index (χ2n) is 3.98. The first kappa shape index (κ1) is 15.3. The normalized spacial score (nSPS) is 11.3. The Morgan fingerprint density at radius 1 is 1.37 bits per heavy atom. The van der Waals surface area contributed by atoms with E-state index in [0.29, 0.717) is 12.4 Å². The van der Waals surface area contributed by atoms with Crippen molar-refractivity contribution in [3.05, 3.63) is 6.33 Å². The minimum absolute atomic E-state index is 0.105. The van der Waals surface area contributed by atoms with Crippen molar-refractivity contribution in [3.8, 4) is 5.75 Å². The van der Waals surface area contributed by atoms with Gasteiger partial charge in [-0.1, -0.05) is 6.92 Å². The SMILES string of the molecule is CCCNc1ncnc(N(C)CC(F)(F)F)c1OC. The number of hydrogen-bond acceptors (Lipinski definition) is 5. The second-order valence-corrected chi connectivity index (χ2v) is 3.98. The average molecular weight is 278 g/mol. The predicted octanol–water partition coefficient (Wildman–Crippen LogP) is 2.31. The molecular weight excluding hydrogens is 261 g/mol. The fraction of sp³-hybridized carbons (Fsp3) is 0.636. The molecule has 1 N–H and O–H groups in total. The Balaban J connectivity index is 2.99. The van der Waals surface area contributed by atoms with Gasteiger partial charge in [0.05, 0.1) is 7.11 Å². The number of nitrogens with one attached hydrogen (secondary N) is 1. The highest BCUT2D eigenvalue weighted by atomic mass is 19.4. The van der Waals surface area contributed by atoms with Crippen LogP contribution in [0.1, 0.15) is 13.3 Å². The lowest BCUT2D eigenvalue weighted by Gasteiger charge is -2.22. The van der Waals surface area contributed by atoms with Gasteiger partial charge in [0, 0.05) is 13.6 Å². The largest absolute Gasteiger partial charge is 0.490 e. The molecular formula is C11H17F3N4O. The summed E-state index contributed by atoms with van der Waals surface area (Å²) in [4.78, 5) is 8.81. The summed E-state index contributed by atoms with van der Waals surface area (Å²) in [5.74, 6) is 0.708. The Labute approximate surface area is 109 Å². The van der Waals surface area contributed by atoms with Gasteiger partial charge in [-0.25, -0.2) is 9.97 Å². The lowest BCUT2D eigenvalue weighted by molar-refractivity contribution is -0.119. The molecule has 0 unspecified atom stereocenters. The highest BCUT2D eigenvalue weighted by molar-refractivity contribution is 5.64. The topological polar surface area (TPSA) is 50.3 Å². The van der Waals surface area contributed by atoms with Crippen LogP contribution in [0.15, 0.2) is 6.33 Å². The van der Waals surface area contributed by atoms with E-state index in [4.69, 9.17) is 4.74 Å². The maximum atomic E-state index is 12.4. The Kier molecular flexibility index (Phi) is 5.20. The third-order valence-electron chi connectivity index (χ3n) is 2.31. The molecule has 0 aliphatic carbocycles. The lowest BCUT2D eigenvalue weighted by Crippen LogP contribution is -2.31. The minimum Gasteiger partial charge on any atom is -0.490 e. The van der Waals surface area contributed by atoms with Crippen molar-refractivity contribution in [3.63, 3.8) is 0 Å². The van der Waals surface area contributed by atoms with Crippen molar-refractivity contribution in [2.45, 2.75) is 19.5 Å². The minimum atomic E-state index is -4.30. The van der Waals surface area contributed by atoms with E-state index in [0.717, 1.165) is 11.3 Å². The number of alkyl halides is 3. The maximum absolute atomic E-state index is 12.4. The van der Waals surface area contributed by atoms with E-state index < -0.39 is 12.7 Å². The molecule has 0 aromatic carbocycles. The van der Waals surface area contributed by atoms with E-state index in [1.54, 1.807) is 0 Å². The molecule has 0 aliphatic heterocycles. The van der Waals surface area contributed by atoms with Crippen LogP contribution in [-0.2, 0) is 0 Å². The van der Waals surface area contributed by atoms with E-state index in [1.165, 1.54) is 20.5 Å². The summed E-state index contributed by atoms with van der Waals surface area (Å²) in [6.07, 6.45) is -2.23. The molecule has 5 nitrogen and oxygen atoms in total. The molecule has 108 valence electrons. The molecule has 0 bridgehead atoms. The van der Waals surface area contributed by atoms with Gasteiger partial charge in [-0.15, -0.1) is 0 Å². The highest BCUT2D eigenvalue weighted by Gasteiger charge is 2.31. The van der Waals surface area contributed by atoms with Gasteiger partial charge in [0.25, 0.3) is 0 Å². The van der Waals surface area contributed by atoms with Crippen molar-refractivity contribution in [1.29, 1.82) is 0 Å². The molecule has 0 amide bonds. The zero-order chi connectivity index (χ0) is 14.5. The maximum Gasteiger partial charge on any atom is 0.405 e. The van der Waals surface area contributed by atoms with Gasteiger partial charge in [0.15, 0.2) is 11.6 Å². The van der Waals surface area contributed by atoms with Gasteiger partial charge in [0.2, 0.25) is 5.75 Å². The molecule has 0 saturated heterocycles. The number of rotatable bonds is 6. The number of halogens is 3. The summed E-state index contributed by atoms with van der Waals surface area (Å²) in [7, 11) is 2.68. The van der Waals surface area contributed by atoms with Gasteiger partial charge in [-0.3, -0.25) is 0 Å². The molecule has 0 saturated carbocycles. The molecule has 0 atom stereocenters. The van der Waals surface area contributed by atoms with Crippen LogP contribution in [-0.4, -0.2) is 43.4 Å². The molecule has 1 rings (SSSR count). The van der Waals surface area contributed by atoms with Crippen LogP contribution >= 0.6 is 0 Å². The average Bonchev–Trinajstić information content (AvgIpc) is 2.33. The summed E-state index contributed by atoms with van der Waals surface area (Å²) >= 11 is 0. The Hall–Kier alpha value is -1.73. The van der Waals surface area contributed by atoms with Crippen LogP contribution in [0.5, 0.6) is 5.75 Å². The van der Waals surface area contributed by atoms with Crippen LogP contribution in [0.3, 0.4) is 0 Å². The standard InChI is InChI=1S/C11H17F3N4O/c1-4-5-15-9-8(19-3)10(17-7-16-9)18(2)6-11(12,13)14/h7H,4-6H2,1-3H3,(H,15,16,17). The summed E-state index contributed by atoms with van der Waals surface area (Å²) in [5, 5.41) is 2.99. The molecule has 8 heteroatoms. The third kappa shape index (κ3) is 4.46. The van der Waals surface area contributed by atoms with Crippen LogP contribution in [0.25, 0.3) is 0 Å². The third-order valence-corrected chi connectivity index (χ3v) is 2.31. The first-order valence-corrected chi connectivity index (χ1v) is 5.79. The van der Waals surface area contributed by atoms with Gasteiger partial charge < -0.3 is 15.0 Å². The predicted molar refractivity (Wildman–Crippen MR) is 66.7 cm³/mol. The number of hydrogen-bond donors (Lipinski definition) is 1. The number of nitrogens with zero attached hydrogens (tertiary/aromatic N) is 3. The van der Waals surface area contributed by atoms with Crippen LogP contribution in [0.4, 0.5) is 24.8 Å². The smallest absolute Gasteiger partial charge is 0.405 e. The molecule has 0 aliphatic rings. The van der Waals surface area contributed by atoms with Crippen molar-refractivity contribution in [2.75, 3.05) is 37.5 Å². The first-order chi connectivity index (χ1) is 8.89. The number of methoxy groups -OCH3 is 1. The fourth-order valence-electron chi connectivity index (χ4n) is 1.54. The van der Waals surface area contributed by atoms with Crippen molar-refractivity contribution in [1.82, 2.24) is 9.97 Å². The van der Waals surface area contributed by atoms with E-state index in [1.807, 2.05) is 6.92 Å². The van der Waals surface area contributed by atoms with E-state index in [-0.39, 0.29) is 11.6 Å². The number of anilines is 2. The van der Waals surface area contributed by atoms with Gasteiger partial charge in [-0.2, -0.15) is 13.2 Å². The molecule has 1 aromatic heterocycles. The van der Waals surface area contributed by atoms with Crippen molar-refractivity contribution < 1.29 is 17.9 Å². The summed E-state index contributed by atoms with van der Waals surface area (Å²) in [6, 6.07) is 0. The van der Waals surface area contributed by atoms with Crippen LogP contribution < -0.4 is 15.0 Å². The fourth-order valence-corrected chi connectivity index (χ4v) is 1.54. The quantitative estimate of drug-likeness (QED) is 0.865. The Morgan fingerprint density at radius 3 is 2.58 bits per heavy atom. The van der Waals surface area contributed by atoms with Crippen molar-refractivity contribution >= 4 is 11.6 Å². The first-order valence-electron chi connectivity index (χ1n) is 5.79. The summed E-state index contributed by atoms with van der Waals surface area (Å²) in [6.45, 7) is 1.51. The second kappa shape index (κ2) is 6.44. The van der Waals surface area contributed by atoms with E-state index in [2.05, 4.69) is 15.3 Å². The Morgan fingerprint density at radius 2 is 2.05 bits per heavy atom. The van der Waals surface area contributed by atoms with Gasteiger partial charge >= 0.3 is 6.18 Å². The number of aromatic nitrogens is 2. The van der Waals surface area contributed by atoms with Gasteiger partial charge in [-0.05, 0) is 6.42 Å². The lowest BCUT2D eigenvalue weighted by atomic mass is 10.4. The van der Waals surface area contributed by atoms with Crippen LogP contribution in [0.2, 0.25) is 0 Å². The highest BCUT2D eigenvalue weighted by Crippen LogP contribution is 2.32. The zero-order valence-electron chi connectivity index (χ0n) is 11.1. The van der Waals surface area contributed by atoms with Gasteiger partial charge in [0.1, 0.15) is 12.9 Å².